The van der Waals surface area contributed by atoms with E-state index in [9.17, 15) is 4.79 Å². The number of fused-ring (bicyclic) bond motifs is 1. The molecule has 1 amide bonds. The highest BCUT2D eigenvalue weighted by molar-refractivity contribution is 5.79. The lowest BCUT2D eigenvalue weighted by molar-refractivity contribution is -0.135. The third kappa shape index (κ3) is 3.16. The Hall–Kier alpha value is -2.30. The van der Waals surface area contributed by atoms with Gasteiger partial charge in [0.2, 0.25) is 5.91 Å². The average Bonchev–Trinajstić information content (AvgIpc) is 2.75. The molecule has 5 heteroatoms. The number of aromatic nitrogens is 2. The third-order valence-corrected chi connectivity index (χ3v) is 4.94. The number of aryl methyl sites for hydroxylation is 2. The Morgan fingerprint density at radius 3 is 2.83 bits per heavy atom. The van der Waals surface area contributed by atoms with E-state index in [2.05, 4.69) is 11.2 Å². The summed E-state index contributed by atoms with van der Waals surface area (Å²) >= 11 is 0. The molecule has 0 saturated heterocycles. The number of carbonyl (C=O) groups excluding carboxylic acids is 1. The van der Waals surface area contributed by atoms with Crippen molar-refractivity contribution in [2.24, 2.45) is 13.0 Å². The highest BCUT2D eigenvalue weighted by Gasteiger charge is 2.27. The summed E-state index contributed by atoms with van der Waals surface area (Å²) in [6, 6.07) is 8.01. The Kier molecular flexibility index (Phi) is 4.60. The number of nitrogens with zero attached hydrogens (tertiary/aromatic N) is 3. The van der Waals surface area contributed by atoms with Gasteiger partial charge in [-0.2, -0.15) is 5.10 Å². The minimum Gasteiger partial charge on any atom is -0.493 e. The second-order valence-electron chi connectivity index (χ2n) is 6.61. The zero-order valence-corrected chi connectivity index (χ0v) is 14.9. The van der Waals surface area contributed by atoms with E-state index in [1.54, 1.807) is 0 Å². The molecule has 1 atom stereocenters. The lowest BCUT2D eigenvalue weighted by Gasteiger charge is -2.23. The molecule has 0 aliphatic carbocycles. The highest BCUT2D eigenvalue weighted by Crippen LogP contribution is 2.28. The van der Waals surface area contributed by atoms with Gasteiger partial charge < -0.3 is 9.64 Å². The molecule has 5 nitrogen and oxygen atoms in total. The summed E-state index contributed by atoms with van der Waals surface area (Å²) in [5.41, 5.74) is 4.36. The van der Waals surface area contributed by atoms with Gasteiger partial charge in [0.1, 0.15) is 5.75 Å². The first kappa shape index (κ1) is 16.6. The molecule has 2 aromatic rings. The summed E-state index contributed by atoms with van der Waals surface area (Å²) < 4.78 is 7.66. The van der Waals surface area contributed by atoms with Gasteiger partial charge in [0, 0.05) is 37.8 Å². The van der Waals surface area contributed by atoms with E-state index in [0.29, 0.717) is 13.2 Å². The van der Waals surface area contributed by atoms with Gasteiger partial charge in [0.25, 0.3) is 0 Å². The van der Waals surface area contributed by atoms with Crippen LogP contribution >= 0.6 is 0 Å². The van der Waals surface area contributed by atoms with E-state index in [1.807, 2.05) is 55.7 Å². The topological polar surface area (TPSA) is 47.4 Å². The van der Waals surface area contributed by atoms with Crippen LogP contribution in [0.2, 0.25) is 0 Å². The van der Waals surface area contributed by atoms with Gasteiger partial charge in [-0.3, -0.25) is 9.48 Å². The Bertz CT molecular complexity index is 751. The highest BCUT2D eigenvalue weighted by atomic mass is 16.5. The number of para-hydroxylation sites is 1. The number of amides is 1. The van der Waals surface area contributed by atoms with E-state index in [4.69, 9.17) is 4.74 Å². The van der Waals surface area contributed by atoms with Gasteiger partial charge in [-0.05, 0) is 38.3 Å². The summed E-state index contributed by atoms with van der Waals surface area (Å²) in [7, 11) is 3.82. The van der Waals surface area contributed by atoms with Gasteiger partial charge in [-0.25, -0.2) is 0 Å². The smallest absolute Gasteiger partial charge is 0.226 e. The van der Waals surface area contributed by atoms with Crippen LogP contribution in [-0.4, -0.2) is 34.2 Å². The Morgan fingerprint density at radius 2 is 2.12 bits per heavy atom. The average molecular weight is 327 g/mol. The molecule has 0 saturated carbocycles. The molecule has 0 bridgehead atoms. The van der Waals surface area contributed by atoms with E-state index in [0.717, 1.165) is 41.1 Å². The number of hydrogen-bond donors (Lipinski definition) is 0. The van der Waals surface area contributed by atoms with Crippen molar-refractivity contribution in [2.45, 2.75) is 33.2 Å². The van der Waals surface area contributed by atoms with Gasteiger partial charge in [0.05, 0.1) is 12.3 Å². The Balaban J connectivity index is 1.74. The van der Waals surface area contributed by atoms with Crippen LogP contribution in [0.3, 0.4) is 0 Å². The summed E-state index contributed by atoms with van der Waals surface area (Å²) in [6.07, 6.45) is 1.49. The third-order valence-electron chi connectivity index (χ3n) is 4.94. The van der Waals surface area contributed by atoms with Crippen LogP contribution < -0.4 is 4.74 Å². The second-order valence-corrected chi connectivity index (χ2v) is 6.61. The van der Waals surface area contributed by atoms with Crippen molar-refractivity contribution in [2.75, 3.05) is 13.7 Å². The van der Waals surface area contributed by atoms with Crippen LogP contribution in [0.1, 0.15) is 28.9 Å². The molecule has 1 unspecified atom stereocenters. The minimum atomic E-state index is -0.0315. The molecule has 1 aromatic heterocycles. The second kappa shape index (κ2) is 6.67. The lowest BCUT2D eigenvalue weighted by atomic mass is 9.95. The number of rotatable bonds is 3. The first-order chi connectivity index (χ1) is 11.5. The van der Waals surface area contributed by atoms with Crippen LogP contribution in [0, 0.1) is 19.8 Å². The normalized spacial score (nSPS) is 16.9. The van der Waals surface area contributed by atoms with Gasteiger partial charge in [0.15, 0.2) is 0 Å². The summed E-state index contributed by atoms with van der Waals surface area (Å²) in [5.74, 6) is 1.06. The quantitative estimate of drug-likeness (QED) is 0.871. The molecule has 0 N–H and O–H groups in total. The monoisotopic (exact) mass is 327 g/mol. The molecule has 24 heavy (non-hydrogen) atoms. The SMILES string of the molecule is Cc1nn(C)c(C)c1CN(C)C(=O)C1CCOc2ccccc2C1. The Morgan fingerprint density at radius 1 is 1.38 bits per heavy atom. The first-order valence-corrected chi connectivity index (χ1v) is 8.42. The van der Waals surface area contributed by atoms with Crippen LogP contribution in [0.5, 0.6) is 5.75 Å². The zero-order chi connectivity index (χ0) is 17.3. The van der Waals surface area contributed by atoms with E-state index >= 15 is 0 Å². The molecule has 1 aliphatic heterocycles. The molecule has 0 spiro atoms. The maximum atomic E-state index is 12.9. The fraction of sp³-hybridized carbons (Fsp3) is 0.474. The van der Waals surface area contributed by atoms with Crippen molar-refractivity contribution >= 4 is 5.91 Å². The molecule has 2 heterocycles. The zero-order valence-electron chi connectivity index (χ0n) is 14.9. The van der Waals surface area contributed by atoms with Crippen molar-refractivity contribution in [1.82, 2.24) is 14.7 Å². The van der Waals surface area contributed by atoms with Gasteiger partial charge >= 0.3 is 0 Å². The van der Waals surface area contributed by atoms with Crippen molar-refractivity contribution in [3.8, 4) is 5.75 Å². The molecule has 1 aliphatic rings. The number of hydrogen-bond acceptors (Lipinski definition) is 3. The summed E-state index contributed by atoms with van der Waals surface area (Å²) in [5, 5.41) is 4.44. The van der Waals surface area contributed by atoms with Gasteiger partial charge in [-0.15, -0.1) is 0 Å². The fourth-order valence-electron chi connectivity index (χ4n) is 3.38. The number of carbonyl (C=O) groups is 1. The predicted molar refractivity (Wildman–Crippen MR) is 92.9 cm³/mol. The van der Waals surface area contributed by atoms with Crippen LogP contribution in [0.15, 0.2) is 24.3 Å². The summed E-state index contributed by atoms with van der Waals surface area (Å²) in [4.78, 5) is 14.8. The predicted octanol–water partition coefficient (Wildman–Crippen LogP) is 2.64. The van der Waals surface area contributed by atoms with E-state index < -0.39 is 0 Å². The van der Waals surface area contributed by atoms with Crippen molar-refractivity contribution in [3.63, 3.8) is 0 Å². The van der Waals surface area contributed by atoms with Crippen LogP contribution in [-0.2, 0) is 24.8 Å². The molecule has 128 valence electrons. The largest absolute Gasteiger partial charge is 0.493 e. The number of ether oxygens (including phenoxy) is 1. The molecule has 0 radical (unpaired) electrons. The minimum absolute atomic E-state index is 0.0315. The molecular weight excluding hydrogens is 302 g/mol. The van der Waals surface area contributed by atoms with Crippen LogP contribution in [0.4, 0.5) is 0 Å². The van der Waals surface area contributed by atoms with Gasteiger partial charge in [-0.1, -0.05) is 18.2 Å². The fourth-order valence-corrected chi connectivity index (χ4v) is 3.38. The summed E-state index contributed by atoms with van der Waals surface area (Å²) in [6.45, 7) is 5.23. The van der Waals surface area contributed by atoms with E-state index in [-0.39, 0.29) is 11.8 Å². The van der Waals surface area contributed by atoms with Crippen molar-refractivity contribution in [3.05, 3.63) is 46.8 Å². The number of benzene rings is 1. The molecule has 0 fully saturated rings. The lowest BCUT2D eigenvalue weighted by Crippen LogP contribution is -2.34. The maximum Gasteiger partial charge on any atom is 0.226 e. The van der Waals surface area contributed by atoms with E-state index in [1.165, 1.54) is 0 Å². The van der Waals surface area contributed by atoms with Crippen molar-refractivity contribution in [1.29, 1.82) is 0 Å². The standard InChI is InChI=1S/C19H25N3O2/c1-13-17(14(2)22(4)20-13)12-21(3)19(23)16-9-10-24-18-8-6-5-7-15(18)11-16/h5-8,16H,9-12H2,1-4H3. The van der Waals surface area contributed by atoms with Crippen LogP contribution in [0.25, 0.3) is 0 Å². The Labute approximate surface area is 143 Å². The molecular formula is C19H25N3O2. The van der Waals surface area contributed by atoms with Crippen molar-refractivity contribution < 1.29 is 9.53 Å². The molecule has 3 rings (SSSR count). The molecule has 1 aromatic carbocycles. The first-order valence-electron chi connectivity index (χ1n) is 8.42. The maximum absolute atomic E-state index is 12.9.